The standard InChI is InChI=1S/C10H17ClFN3O2/c11-8(12)10(17)14-4-2-6-15-5-1-3-7(15)9(13)16/h7-8H,1-6H2,(H2,13,16)(H,14,17)/t7-,8?/m0/s1. The number of primary amides is 1. The summed E-state index contributed by atoms with van der Waals surface area (Å²) in [5, 5.41) is 2.36. The fourth-order valence-electron chi connectivity index (χ4n) is 1.99. The van der Waals surface area contributed by atoms with Crippen molar-refractivity contribution in [1.29, 1.82) is 0 Å². The van der Waals surface area contributed by atoms with Crippen LogP contribution >= 0.6 is 11.6 Å². The van der Waals surface area contributed by atoms with Crippen molar-refractivity contribution in [2.45, 2.75) is 30.9 Å². The van der Waals surface area contributed by atoms with E-state index in [1.54, 1.807) is 0 Å². The number of nitrogens with two attached hydrogens (primary N) is 1. The number of carbonyl (C=O) groups excluding carboxylic acids is 2. The van der Waals surface area contributed by atoms with E-state index in [2.05, 4.69) is 5.32 Å². The van der Waals surface area contributed by atoms with Gasteiger partial charge in [0.25, 0.3) is 11.5 Å². The fourth-order valence-corrected chi connectivity index (χ4v) is 2.06. The summed E-state index contributed by atoms with van der Waals surface area (Å²) in [7, 11) is 0. The van der Waals surface area contributed by atoms with Gasteiger partial charge in [-0.1, -0.05) is 11.6 Å². The zero-order valence-electron chi connectivity index (χ0n) is 9.49. The fraction of sp³-hybridized carbons (Fsp3) is 0.800. The minimum absolute atomic E-state index is 0.201. The maximum atomic E-state index is 12.3. The summed E-state index contributed by atoms with van der Waals surface area (Å²) in [5.74, 6) is -1.13. The largest absolute Gasteiger partial charge is 0.368 e. The maximum absolute atomic E-state index is 12.3. The van der Waals surface area contributed by atoms with Crippen molar-refractivity contribution in [3.8, 4) is 0 Å². The molecule has 1 saturated heterocycles. The molecule has 2 amide bonds. The third kappa shape index (κ3) is 4.47. The number of hydrogen-bond donors (Lipinski definition) is 2. The number of likely N-dealkylation sites (tertiary alicyclic amines) is 1. The van der Waals surface area contributed by atoms with Gasteiger partial charge in [-0.15, -0.1) is 0 Å². The van der Waals surface area contributed by atoms with E-state index in [0.717, 1.165) is 19.4 Å². The molecular weight excluding hydrogens is 249 g/mol. The summed E-state index contributed by atoms with van der Waals surface area (Å²) in [5.41, 5.74) is 3.26. The Labute approximate surface area is 104 Å². The minimum Gasteiger partial charge on any atom is -0.368 e. The van der Waals surface area contributed by atoms with Gasteiger partial charge >= 0.3 is 0 Å². The van der Waals surface area contributed by atoms with Crippen LogP contribution in [-0.4, -0.2) is 48.0 Å². The van der Waals surface area contributed by atoms with Gasteiger partial charge in [0.1, 0.15) is 0 Å². The average Bonchev–Trinajstić information content (AvgIpc) is 2.72. The Bertz CT molecular complexity index is 289. The lowest BCUT2D eigenvalue weighted by Gasteiger charge is -2.21. The predicted octanol–water partition coefficient (Wildman–Crippen LogP) is -0.0232. The molecule has 0 aromatic rings. The Morgan fingerprint density at radius 3 is 2.88 bits per heavy atom. The first-order chi connectivity index (χ1) is 8.02. The van der Waals surface area contributed by atoms with Crippen molar-refractivity contribution in [1.82, 2.24) is 10.2 Å². The second kappa shape index (κ2) is 6.76. The van der Waals surface area contributed by atoms with Crippen LogP contribution in [0.15, 0.2) is 0 Å². The minimum atomic E-state index is -2.00. The van der Waals surface area contributed by atoms with Gasteiger partial charge in [0.2, 0.25) is 5.91 Å². The Hall–Kier alpha value is -0.880. The molecule has 0 radical (unpaired) electrons. The van der Waals surface area contributed by atoms with E-state index >= 15 is 0 Å². The summed E-state index contributed by atoms with van der Waals surface area (Å²) >= 11 is 4.95. The second-order valence-electron chi connectivity index (χ2n) is 4.04. The Morgan fingerprint density at radius 1 is 1.59 bits per heavy atom. The van der Waals surface area contributed by atoms with Gasteiger partial charge in [0.05, 0.1) is 6.04 Å². The van der Waals surface area contributed by atoms with Crippen molar-refractivity contribution >= 4 is 23.4 Å². The number of carbonyl (C=O) groups is 2. The normalized spacial score (nSPS) is 22.4. The Morgan fingerprint density at radius 2 is 2.29 bits per heavy atom. The van der Waals surface area contributed by atoms with Gasteiger partial charge in [-0.2, -0.15) is 0 Å². The van der Waals surface area contributed by atoms with Crippen LogP contribution in [0, 0.1) is 0 Å². The van der Waals surface area contributed by atoms with Gasteiger partial charge < -0.3 is 11.1 Å². The molecule has 0 aromatic carbocycles. The molecular formula is C10H17ClFN3O2. The van der Waals surface area contributed by atoms with Crippen LogP contribution in [0.1, 0.15) is 19.3 Å². The first kappa shape index (κ1) is 14.2. The third-order valence-corrected chi connectivity index (χ3v) is 3.01. The molecule has 1 rings (SSSR count). The van der Waals surface area contributed by atoms with Crippen molar-refractivity contribution < 1.29 is 14.0 Å². The Kier molecular flexibility index (Phi) is 5.64. The number of hydrogen-bond acceptors (Lipinski definition) is 3. The number of nitrogens with one attached hydrogen (secondary N) is 1. The summed E-state index contributed by atoms with van der Waals surface area (Å²) in [4.78, 5) is 23.9. The maximum Gasteiger partial charge on any atom is 0.270 e. The van der Waals surface area contributed by atoms with Crippen LogP contribution in [0.25, 0.3) is 0 Å². The van der Waals surface area contributed by atoms with E-state index in [4.69, 9.17) is 17.3 Å². The van der Waals surface area contributed by atoms with E-state index in [1.807, 2.05) is 4.90 Å². The van der Waals surface area contributed by atoms with Crippen molar-refractivity contribution in [3.05, 3.63) is 0 Å². The molecule has 0 bridgehead atoms. The first-order valence-corrected chi connectivity index (χ1v) is 6.05. The Balaban J connectivity index is 2.18. The van der Waals surface area contributed by atoms with Crippen LogP contribution in [0.3, 0.4) is 0 Å². The summed E-state index contributed by atoms with van der Waals surface area (Å²) in [6.07, 6.45) is 2.38. The molecule has 0 saturated carbocycles. The van der Waals surface area contributed by atoms with Crippen molar-refractivity contribution in [3.63, 3.8) is 0 Å². The lowest BCUT2D eigenvalue weighted by atomic mass is 10.2. The summed E-state index contributed by atoms with van der Waals surface area (Å²) in [6, 6.07) is -0.201. The molecule has 5 nitrogen and oxygen atoms in total. The van der Waals surface area contributed by atoms with E-state index in [-0.39, 0.29) is 11.9 Å². The quantitative estimate of drug-likeness (QED) is 0.523. The summed E-state index contributed by atoms with van der Waals surface area (Å²) < 4.78 is 12.3. The van der Waals surface area contributed by atoms with E-state index in [9.17, 15) is 14.0 Å². The predicted molar refractivity (Wildman–Crippen MR) is 62.2 cm³/mol. The molecule has 1 heterocycles. The smallest absolute Gasteiger partial charge is 0.270 e. The molecule has 3 N–H and O–H groups in total. The number of alkyl halides is 2. The molecule has 98 valence electrons. The van der Waals surface area contributed by atoms with Gasteiger partial charge in [-0.3, -0.25) is 14.5 Å². The van der Waals surface area contributed by atoms with Crippen LogP contribution in [0.4, 0.5) is 4.39 Å². The van der Waals surface area contributed by atoms with Crippen LogP contribution < -0.4 is 11.1 Å². The molecule has 0 aromatic heterocycles. The van der Waals surface area contributed by atoms with Crippen LogP contribution in [0.2, 0.25) is 0 Å². The molecule has 1 fully saturated rings. The number of rotatable bonds is 6. The van der Waals surface area contributed by atoms with Crippen LogP contribution in [-0.2, 0) is 9.59 Å². The van der Waals surface area contributed by atoms with E-state index < -0.39 is 11.5 Å². The van der Waals surface area contributed by atoms with Crippen molar-refractivity contribution in [2.24, 2.45) is 5.73 Å². The lowest BCUT2D eigenvalue weighted by molar-refractivity contribution is -0.124. The SMILES string of the molecule is NC(=O)[C@@H]1CCCN1CCCNC(=O)C(F)Cl. The number of nitrogens with zero attached hydrogens (tertiary/aromatic N) is 1. The molecule has 17 heavy (non-hydrogen) atoms. The molecule has 1 unspecified atom stereocenters. The van der Waals surface area contributed by atoms with Crippen molar-refractivity contribution in [2.75, 3.05) is 19.6 Å². The van der Waals surface area contributed by atoms with E-state index in [1.165, 1.54) is 0 Å². The third-order valence-electron chi connectivity index (χ3n) is 2.81. The molecule has 0 aliphatic carbocycles. The average molecular weight is 266 g/mol. The van der Waals surface area contributed by atoms with Gasteiger partial charge in [0, 0.05) is 13.1 Å². The highest BCUT2D eigenvalue weighted by molar-refractivity contribution is 6.29. The van der Waals surface area contributed by atoms with Gasteiger partial charge in [0.15, 0.2) is 0 Å². The first-order valence-electron chi connectivity index (χ1n) is 5.61. The van der Waals surface area contributed by atoms with E-state index in [0.29, 0.717) is 19.5 Å². The number of halogens is 2. The monoisotopic (exact) mass is 265 g/mol. The molecule has 7 heteroatoms. The topological polar surface area (TPSA) is 75.4 Å². The molecule has 1 aliphatic heterocycles. The molecule has 1 aliphatic rings. The highest BCUT2D eigenvalue weighted by Crippen LogP contribution is 2.16. The van der Waals surface area contributed by atoms with Crippen LogP contribution in [0.5, 0.6) is 0 Å². The summed E-state index contributed by atoms with van der Waals surface area (Å²) in [6.45, 7) is 1.84. The lowest BCUT2D eigenvalue weighted by Crippen LogP contribution is -2.41. The van der Waals surface area contributed by atoms with Gasteiger partial charge in [-0.25, -0.2) is 4.39 Å². The zero-order chi connectivity index (χ0) is 12.8. The zero-order valence-corrected chi connectivity index (χ0v) is 10.3. The van der Waals surface area contributed by atoms with Gasteiger partial charge in [-0.05, 0) is 25.8 Å². The molecule has 2 atom stereocenters. The second-order valence-corrected chi connectivity index (χ2v) is 4.42. The highest BCUT2D eigenvalue weighted by Gasteiger charge is 2.28. The molecule has 0 spiro atoms. The number of amides is 2. The highest BCUT2D eigenvalue weighted by atomic mass is 35.5.